The Morgan fingerprint density at radius 3 is 2.19 bits per heavy atom. The molecule has 1 saturated heterocycles. The first-order valence-corrected chi connectivity index (χ1v) is 16.1. The molecule has 2 aliphatic rings. The third-order valence-corrected chi connectivity index (χ3v) is 9.48. The van der Waals surface area contributed by atoms with Gasteiger partial charge in [-0.3, -0.25) is 9.48 Å². The molecule has 10 nitrogen and oxygen atoms in total. The zero-order valence-corrected chi connectivity index (χ0v) is 26.8. The van der Waals surface area contributed by atoms with E-state index >= 15 is 0 Å². The highest BCUT2D eigenvalue weighted by Gasteiger charge is 2.42. The van der Waals surface area contributed by atoms with E-state index in [1.165, 1.54) is 0 Å². The van der Waals surface area contributed by atoms with E-state index in [2.05, 4.69) is 15.1 Å². The van der Waals surface area contributed by atoms with Crippen LogP contribution < -0.4 is 4.90 Å². The number of benzene rings is 1. The molecule has 2 aromatic heterocycles. The molecular weight excluding hydrogens is 620 g/mol. The summed E-state index contributed by atoms with van der Waals surface area (Å²) in [7, 11) is 1.79. The Kier molecular flexibility index (Phi) is 10.8. The van der Waals surface area contributed by atoms with E-state index in [-0.39, 0.29) is 36.3 Å². The smallest absolute Gasteiger partial charge is 0.416 e. The highest BCUT2D eigenvalue weighted by Crippen LogP contribution is 2.37. The summed E-state index contributed by atoms with van der Waals surface area (Å²) in [5.74, 6) is -1.89. The van der Waals surface area contributed by atoms with Crippen molar-refractivity contribution in [2.24, 2.45) is 13.0 Å². The van der Waals surface area contributed by atoms with Crippen molar-refractivity contribution in [2.45, 2.75) is 109 Å². The number of hydrogen-bond donors (Lipinski definition) is 2. The minimum Gasteiger partial charge on any atom is -0.481 e. The maximum absolute atomic E-state index is 14.5. The lowest BCUT2D eigenvalue weighted by atomic mass is 9.87. The van der Waals surface area contributed by atoms with Crippen LogP contribution in [0.1, 0.15) is 76.3 Å². The minimum atomic E-state index is -4.71. The van der Waals surface area contributed by atoms with Gasteiger partial charge in [-0.1, -0.05) is 13.8 Å². The zero-order valence-electron chi connectivity index (χ0n) is 26.8. The fourth-order valence-corrected chi connectivity index (χ4v) is 6.98. The monoisotopic (exact) mass is 662 g/mol. The number of aliphatic hydroxyl groups excluding tert-OH is 1. The number of aliphatic carboxylic acids is 1. The number of anilines is 1. The van der Waals surface area contributed by atoms with Crippen LogP contribution in [0.4, 0.5) is 23.5 Å². The van der Waals surface area contributed by atoms with Crippen LogP contribution >= 0.6 is 0 Å². The first kappa shape index (κ1) is 34.7. The summed E-state index contributed by atoms with van der Waals surface area (Å²) < 4.78 is 63.1. The second-order valence-electron chi connectivity index (χ2n) is 12.6. The molecule has 47 heavy (non-hydrogen) atoms. The Balaban J connectivity index is 1.41. The molecule has 1 aliphatic carbocycles. The number of carboxylic acids is 1. The Bertz CT molecular complexity index is 1480. The Morgan fingerprint density at radius 1 is 1.02 bits per heavy atom. The van der Waals surface area contributed by atoms with Gasteiger partial charge in [-0.15, -0.1) is 0 Å². The maximum Gasteiger partial charge on any atom is 0.416 e. The molecule has 0 spiro atoms. The summed E-state index contributed by atoms with van der Waals surface area (Å²) in [5.41, 5.74) is 0.602. The van der Waals surface area contributed by atoms with Gasteiger partial charge < -0.3 is 19.8 Å². The van der Waals surface area contributed by atoms with Crippen LogP contribution in [-0.2, 0) is 29.3 Å². The number of aromatic nitrogens is 4. The first-order valence-electron chi connectivity index (χ1n) is 16.1. The second-order valence-corrected chi connectivity index (χ2v) is 12.6. The molecule has 1 aliphatic heterocycles. The van der Waals surface area contributed by atoms with Crippen LogP contribution in [0.2, 0.25) is 0 Å². The van der Waals surface area contributed by atoms with Gasteiger partial charge in [-0.2, -0.15) is 18.3 Å². The Labute approximate surface area is 271 Å². The number of ether oxygens (including phenoxy) is 1. The van der Waals surface area contributed by atoms with Gasteiger partial charge in [0, 0.05) is 61.4 Å². The van der Waals surface area contributed by atoms with Crippen LogP contribution in [0.25, 0.3) is 11.1 Å². The van der Waals surface area contributed by atoms with Gasteiger partial charge in [0.25, 0.3) is 0 Å². The van der Waals surface area contributed by atoms with E-state index in [1.807, 2.05) is 29.8 Å². The SMILES string of the molecule is CC[C@@H]1C[C@H](N(Cc2cc(F)cc(C(F)(F)F)c2)c2ncc(-c3cnn(C)c3)cn2)C[C@H](CC)N1C(O)O[C@H]1CC[C@H](C(=O)O)CC1. The van der Waals surface area contributed by atoms with Crippen molar-refractivity contribution in [3.05, 3.63) is 59.9 Å². The maximum atomic E-state index is 14.5. The molecule has 1 unspecified atom stereocenters. The minimum absolute atomic E-state index is 0.0590. The van der Waals surface area contributed by atoms with Crippen LogP contribution in [0.5, 0.6) is 0 Å². The largest absolute Gasteiger partial charge is 0.481 e. The van der Waals surface area contributed by atoms with Crippen molar-refractivity contribution in [1.29, 1.82) is 0 Å². The molecule has 0 radical (unpaired) electrons. The average molecular weight is 663 g/mol. The van der Waals surface area contributed by atoms with E-state index < -0.39 is 35.9 Å². The molecule has 5 rings (SSSR count). The summed E-state index contributed by atoms with van der Waals surface area (Å²) in [6.07, 6.45) is 5.06. The van der Waals surface area contributed by atoms with Crippen molar-refractivity contribution in [3.8, 4) is 11.1 Å². The van der Waals surface area contributed by atoms with Crippen molar-refractivity contribution in [3.63, 3.8) is 0 Å². The number of aliphatic hydroxyl groups is 1. The lowest BCUT2D eigenvalue weighted by Crippen LogP contribution is -2.59. The lowest BCUT2D eigenvalue weighted by molar-refractivity contribution is -0.252. The zero-order chi connectivity index (χ0) is 33.9. The molecule has 2 N–H and O–H groups in total. The van der Waals surface area contributed by atoms with E-state index in [9.17, 15) is 32.6 Å². The molecule has 3 heterocycles. The molecule has 0 bridgehead atoms. The van der Waals surface area contributed by atoms with Gasteiger partial charge in [0.1, 0.15) is 5.82 Å². The predicted octanol–water partition coefficient (Wildman–Crippen LogP) is 6.00. The number of aryl methyl sites for hydroxylation is 1. The quantitative estimate of drug-likeness (QED) is 0.188. The molecule has 14 heteroatoms. The second kappa shape index (κ2) is 14.7. The molecule has 1 saturated carbocycles. The van der Waals surface area contributed by atoms with Crippen LogP contribution in [-0.4, -0.2) is 71.5 Å². The third-order valence-electron chi connectivity index (χ3n) is 9.48. The fourth-order valence-electron chi connectivity index (χ4n) is 6.98. The number of carboxylic acid groups (broad SMARTS) is 1. The number of piperidine rings is 1. The Morgan fingerprint density at radius 2 is 1.66 bits per heavy atom. The summed E-state index contributed by atoms with van der Waals surface area (Å²) in [4.78, 5) is 24.4. The molecule has 0 amide bonds. The molecular formula is C33H42F4N6O4. The summed E-state index contributed by atoms with van der Waals surface area (Å²) in [5, 5.41) is 24.9. The molecule has 256 valence electrons. The van der Waals surface area contributed by atoms with E-state index in [0.717, 1.165) is 23.3 Å². The number of rotatable bonds is 11. The van der Waals surface area contributed by atoms with Crippen LogP contribution in [0.15, 0.2) is 43.0 Å². The molecule has 2 fully saturated rings. The normalized spacial score (nSPS) is 24.6. The number of nitrogens with zero attached hydrogens (tertiary/aromatic N) is 6. The lowest BCUT2D eigenvalue weighted by Gasteiger charge is -2.49. The number of hydrogen-bond acceptors (Lipinski definition) is 8. The Hall–Kier alpha value is -3.62. The third kappa shape index (κ3) is 8.28. The van der Waals surface area contributed by atoms with Crippen molar-refractivity contribution >= 4 is 11.9 Å². The topological polar surface area (TPSA) is 117 Å². The van der Waals surface area contributed by atoms with Gasteiger partial charge in [-0.05, 0) is 75.1 Å². The number of likely N-dealkylation sites (tertiary alicyclic amines) is 1. The highest BCUT2D eigenvalue weighted by atomic mass is 19.4. The van der Waals surface area contributed by atoms with Crippen molar-refractivity contribution < 1.29 is 37.3 Å². The average Bonchev–Trinajstić information content (AvgIpc) is 3.48. The van der Waals surface area contributed by atoms with Gasteiger partial charge in [0.2, 0.25) is 12.4 Å². The number of carbonyl (C=O) groups is 1. The number of halogens is 4. The highest BCUT2D eigenvalue weighted by molar-refractivity contribution is 5.70. The molecule has 4 atom stereocenters. The van der Waals surface area contributed by atoms with Gasteiger partial charge in [0.05, 0.1) is 23.8 Å². The van der Waals surface area contributed by atoms with Crippen LogP contribution in [0, 0.1) is 11.7 Å². The predicted molar refractivity (Wildman–Crippen MR) is 165 cm³/mol. The first-order chi connectivity index (χ1) is 22.4. The molecule has 1 aromatic carbocycles. The summed E-state index contributed by atoms with van der Waals surface area (Å²) in [6.45, 7) is 3.95. The van der Waals surface area contributed by atoms with Gasteiger partial charge in [-0.25, -0.2) is 19.3 Å². The number of alkyl halides is 3. The van der Waals surface area contributed by atoms with Crippen molar-refractivity contribution in [2.75, 3.05) is 4.90 Å². The fraction of sp³-hybridized carbons (Fsp3) is 0.576. The van der Waals surface area contributed by atoms with E-state index in [4.69, 9.17) is 4.74 Å². The summed E-state index contributed by atoms with van der Waals surface area (Å²) >= 11 is 0. The van der Waals surface area contributed by atoms with E-state index in [1.54, 1.807) is 30.3 Å². The molecule has 3 aromatic rings. The summed E-state index contributed by atoms with van der Waals surface area (Å²) in [6, 6.07) is 1.99. The van der Waals surface area contributed by atoms with Gasteiger partial charge in [0.15, 0.2) is 0 Å². The van der Waals surface area contributed by atoms with Crippen LogP contribution in [0.3, 0.4) is 0 Å². The van der Waals surface area contributed by atoms with E-state index in [0.29, 0.717) is 63.4 Å². The van der Waals surface area contributed by atoms with Crippen molar-refractivity contribution in [1.82, 2.24) is 24.6 Å². The van der Waals surface area contributed by atoms with Gasteiger partial charge >= 0.3 is 12.1 Å². The standard InChI is InChI=1S/C33H42F4N6O4/c1-4-26-13-28(14-27(5-2)43(26)32(46)47-29-8-6-21(7-9-29)30(44)45)42(18-20-10-24(33(35,36)37)12-25(34)11-20)31-38-15-22(16-39-31)23-17-40-41(3)19-23/h10-12,15-17,19,21,26-29,32,46H,4-9,13-14,18H2,1-3H3,(H,44,45)/t21-,26-,27+,28+,29-,32?.